The minimum Gasteiger partial charge on any atom is -0.460 e. The molecule has 1 aromatic heterocycles. The number of nitrogens with one attached hydrogen (secondary N) is 2. The van der Waals surface area contributed by atoms with Crippen molar-refractivity contribution in [3.8, 4) is 0 Å². The Morgan fingerprint density at radius 1 is 1.28 bits per heavy atom. The van der Waals surface area contributed by atoms with Gasteiger partial charge in [0.25, 0.3) is 5.69 Å². The number of nitrogens with zero attached hydrogens (tertiary/aromatic N) is 1. The molecule has 1 aliphatic heterocycles. The van der Waals surface area contributed by atoms with Crippen LogP contribution in [-0.4, -0.2) is 47.1 Å². The van der Waals surface area contributed by atoms with Gasteiger partial charge in [-0.2, -0.15) is 0 Å². The minimum atomic E-state index is -1.19. The highest BCUT2D eigenvalue weighted by atomic mass is 32.1. The van der Waals surface area contributed by atoms with E-state index in [1.54, 1.807) is 5.38 Å². The summed E-state index contributed by atoms with van der Waals surface area (Å²) in [5.41, 5.74) is 0.719. The van der Waals surface area contributed by atoms with Gasteiger partial charge in [0.15, 0.2) is 5.12 Å². The normalized spacial score (nSPS) is 17.6. The minimum absolute atomic E-state index is 0.0745. The zero-order chi connectivity index (χ0) is 26.2. The quantitative estimate of drug-likeness (QED) is 0.0988. The number of carbonyl (C=O) groups excluding carboxylic acids is 4. The van der Waals surface area contributed by atoms with Gasteiger partial charge in [-0.1, -0.05) is 12.7 Å². The van der Waals surface area contributed by atoms with Crippen molar-refractivity contribution in [1.29, 1.82) is 0 Å². The maximum Gasteiger partial charge on any atom is 0.339 e. The Morgan fingerprint density at radius 2 is 2.00 bits per heavy atom. The fourth-order valence-electron chi connectivity index (χ4n) is 3.61. The SMILES string of the molecule is C=CCOC(=O)c1csc(NC(=O)C2C[C@@H]([C@H](C(=O)S)C(=O)OCc3ccc([N+](=O)[O-])cc3)CN2)c1. The summed E-state index contributed by atoms with van der Waals surface area (Å²) in [6, 6.07) is 6.30. The Hall–Kier alpha value is -3.55. The second-order valence-corrected chi connectivity index (χ2v) is 9.23. The number of esters is 2. The molecule has 2 heterocycles. The third kappa shape index (κ3) is 6.99. The number of anilines is 1. The summed E-state index contributed by atoms with van der Waals surface area (Å²) in [6.07, 6.45) is 1.64. The van der Waals surface area contributed by atoms with Gasteiger partial charge in [-0.3, -0.25) is 24.5 Å². The van der Waals surface area contributed by atoms with Crippen LogP contribution in [0.3, 0.4) is 0 Å². The number of amides is 1. The molecule has 13 heteroatoms. The van der Waals surface area contributed by atoms with Crippen LogP contribution in [0.2, 0.25) is 0 Å². The highest BCUT2D eigenvalue weighted by Crippen LogP contribution is 2.28. The number of thiol groups is 1. The Morgan fingerprint density at radius 3 is 2.64 bits per heavy atom. The zero-order valence-electron chi connectivity index (χ0n) is 18.9. The summed E-state index contributed by atoms with van der Waals surface area (Å²) in [5, 5.41) is 17.8. The third-order valence-corrected chi connectivity index (χ3v) is 6.54. The molecule has 1 amide bonds. The van der Waals surface area contributed by atoms with Crippen molar-refractivity contribution >= 4 is 57.6 Å². The van der Waals surface area contributed by atoms with Gasteiger partial charge in [0.05, 0.1) is 21.5 Å². The molecule has 1 aliphatic rings. The van der Waals surface area contributed by atoms with E-state index in [0.717, 1.165) is 11.3 Å². The molecule has 0 aliphatic carbocycles. The van der Waals surface area contributed by atoms with Gasteiger partial charge in [-0.05, 0) is 36.1 Å². The van der Waals surface area contributed by atoms with Crippen LogP contribution in [0.25, 0.3) is 0 Å². The van der Waals surface area contributed by atoms with Crippen LogP contribution < -0.4 is 10.6 Å². The zero-order valence-corrected chi connectivity index (χ0v) is 20.6. The lowest BCUT2D eigenvalue weighted by Crippen LogP contribution is -2.35. The van der Waals surface area contributed by atoms with Crippen molar-refractivity contribution in [2.24, 2.45) is 11.8 Å². The summed E-state index contributed by atoms with van der Waals surface area (Å²) >= 11 is 5.00. The molecule has 0 spiro atoms. The number of ether oxygens (including phenoxy) is 2. The number of carbonyl (C=O) groups is 4. The van der Waals surface area contributed by atoms with Crippen molar-refractivity contribution < 1.29 is 33.6 Å². The number of hydrogen-bond acceptors (Lipinski definition) is 10. The number of nitro benzene ring substituents is 1. The Balaban J connectivity index is 1.55. The molecule has 0 saturated carbocycles. The van der Waals surface area contributed by atoms with Crippen molar-refractivity contribution in [1.82, 2.24) is 5.32 Å². The maximum absolute atomic E-state index is 12.7. The topological polar surface area (TPSA) is 154 Å². The van der Waals surface area contributed by atoms with E-state index in [-0.39, 0.29) is 37.8 Å². The molecule has 2 aromatic rings. The first-order chi connectivity index (χ1) is 17.2. The lowest BCUT2D eigenvalue weighted by atomic mass is 9.90. The van der Waals surface area contributed by atoms with Crippen LogP contribution in [0, 0.1) is 22.0 Å². The highest BCUT2D eigenvalue weighted by Gasteiger charge is 2.41. The Bertz CT molecular complexity index is 1160. The maximum atomic E-state index is 12.7. The van der Waals surface area contributed by atoms with E-state index in [4.69, 9.17) is 9.47 Å². The van der Waals surface area contributed by atoms with Gasteiger partial charge < -0.3 is 20.1 Å². The molecule has 1 saturated heterocycles. The van der Waals surface area contributed by atoms with Gasteiger partial charge in [0, 0.05) is 24.1 Å². The molecular weight excluding hydrogens is 510 g/mol. The number of rotatable bonds is 11. The predicted molar refractivity (Wildman–Crippen MR) is 134 cm³/mol. The average molecular weight is 534 g/mol. The van der Waals surface area contributed by atoms with Crippen LogP contribution >= 0.6 is 24.0 Å². The van der Waals surface area contributed by atoms with Gasteiger partial charge in [-0.15, -0.1) is 24.0 Å². The summed E-state index contributed by atoms with van der Waals surface area (Å²) in [6.45, 7) is 3.59. The molecule has 36 heavy (non-hydrogen) atoms. The monoisotopic (exact) mass is 533 g/mol. The van der Waals surface area contributed by atoms with E-state index in [2.05, 4.69) is 29.8 Å². The number of non-ortho nitro benzene ring substituents is 1. The molecule has 1 aromatic carbocycles. The number of hydrogen-bond donors (Lipinski definition) is 3. The second-order valence-electron chi connectivity index (χ2n) is 7.88. The molecule has 1 unspecified atom stereocenters. The summed E-state index contributed by atoms with van der Waals surface area (Å²) in [7, 11) is 0. The van der Waals surface area contributed by atoms with E-state index >= 15 is 0 Å². The van der Waals surface area contributed by atoms with Gasteiger partial charge in [0.2, 0.25) is 5.91 Å². The third-order valence-electron chi connectivity index (χ3n) is 5.41. The lowest BCUT2D eigenvalue weighted by molar-refractivity contribution is -0.384. The molecule has 3 rings (SSSR count). The largest absolute Gasteiger partial charge is 0.460 e. The van der Waals surface area contributed by atoms with Crippen molar-refractivity contribution in [2.75, 3.05) is 18.5 Å². The standard InChI is InChI=1S/C23H23N3O8S2/c1-2-7-33-21(28)15-9-18(36-12-15)25-20(27)17-8-14(10-24-17)19(23(30)35)22(29)34-11-13-3-5-16(6-4-13)26(31)32/h2-6,9,12,14,17,19,24H,1,7-8,10-11H2,(H,25,27)(H,30,35)/t14-,17?,19+/m1/s1. The fraction of sp³-hybridized carbons (Fsp3) is 0.304. The van der Waals surface area contributed by atoms with Crippen LogP contribution in [0.1, 0.15) is 22.3 Å². The fourth-order valence-corrected chi connectivity index (χ4v) is 4.69. The Kier molecular flexibility index (Phi) is 9.33. The smallest absolute Gasteiger partial charge is 0.339 e. The Labute approximate surface area is 215 Å². The van der Waals surface area contributed by atoms with Crippen molar-refractivity contribution in [3.05, 3.63) is 69.6 Å². The first-order valence-electron chi connectivity index (χ1n) is 10.7. The first kappa shape index (κ1) is 27.0. The number of benzene rings is 1. The van der Waals surface area contributed by atoms with Crippen LogP contribution in [0.4, 0.5) is 10.7 Å². The molecular formula is C23H23N3O8S2. The van der Waals surface area contributed by atoms with E-state index in [0.29, 0.717) is 16.1 Å². The lowest BCUT2D eigenvalue weighted by Gasteiger charge is -2.18. The van der Waals surface area contributed by atoms with E-state index in [1.165, 1.54) is 36.4 Å². The number of nitro groups is 1. The average Bonchev–Trinajstić information content (AvgIpc) is 3.51. The van der Waals surface area contributed by atoms with Crippen molar-refractivity contribution in [2.45, 2.75) is 19.1 Å². The number of thiophene rings is 1. The van der Waals surface area contributed by atoms with Crippen LogP contribution in [0.15, 0.2) is 48.4 Å². The molecule has 0 bridgehead atoms. The van der Waals surface area contributed by atoms with Gasteiger partial charge in [0.1, 0.15) is 19.1 Å². The second kappa shape index (κ2) is 12.4. The molecule has 3 atom stereocenters. The molecule has 11 nitrogen and oxygen atoms in total. The first-order valence-corrected chi connectivity index (χ1v) is 12.1. The summed E-state index contributed by atoms with van der Waals surface area (Å²) in [5.74, 6) is -3.42. The summed E-state index contributed by atoms with van der Waals surface area (Å²) < 4.78 is 10.2. The van der Waals surface area contributed by atoms with E-state index in [1.807, 2.05) is 0 Å². The van der Waals surface area contributed by atoms with Gasteiger partial charge in [-0.25, -0.2) is 4.79 Å². The van der Waals surface area contributed by atoms with E-state index < -0.39 is 39.9 Å². The molecule has 0 radical (unpaired) electrons. The van der Waals surface area contributed by atoms with Crippen LogP contribution in [0.5, 0.6) is 0 Å². The highest BCUT2D eigenvalue weighted by molar-refractivity contribution is 7.96. The van der Waals surface area contributed by atoms with E-state index in [9.17, 15) is 29.3 Å². The van der Waals surface area contributed by atoms with Crippen molar-refractivity contribution in [3.63, 3.8) is 0 Å². The molecule has 1 fully saturated rings. The van der Waals surface area contributed by atoms with Crippen LogP contribution in [-0.2, 0) is 30.5 Å². The van der Waals surface area contributed by atoms with Gasteiger partial charge >= 0.3 is 11.9 Å². The molecule has 190 valence electrons. The predicted octanol–water partition coefficient (Wildman–Crippen LogP) is 2.73. The summed E-state index contributed by atoms with van der Waals surface area (Å²) in [4.78, 5) is 59.6. The molecule has 2 N–H and O–H groups in total.